The van der Waals surface area contributed by atoms with Gasteiger partial charge in [-0.3, -0.25) is 0 Å². The topological polar surface area (TPSA) is 55.3 Å². The minimum absolute atomic E-state index is 0.280. The molecule has 0 atom stereocenters. The molecule has 28 heavy (non-hydrogen) atoms. The molecule has 2 aromatic carbocycles. The molecule has 0 aliphatic rings. The van der Waals surface area contributed by atoms with Crippen LogP contribution in [-0.4, -0.2) is 22.2 Å². The van der Waals surface area contributed by atoms with Crippen LogP contribution in [0.1, 0.15) is 41.6 Å². The van der Waals surface area contributed by atoms with Gasteiger partial charge in [0.25, 0.3) is 0 Å². The Morgan fingerprint density at radius 3 is 2.46 bits per heavy atom. The molecule has 0 spiro atoms. The first-order chi connectivity index (χ1) is 13.7. The van der Waals surface area contributed by atoms with E-state index in [4.69, 9.17) is 9.84 Å². The van der Waals surface area contributed by atoms with Crippen LogP contribution in [-0.2, 0) is 13.1 Å². The van der Waals surface area contributed by atoms with Gasteiger partial charge in [0, 0.05) is 0 Å². The molecule has 1 heterocycles. The van der Waals surface area contributed by atoms with Crippen LogP contribution in [0.3, 0.4) is 0 Å². The van der Waals surface area contributed by atoms with E-state index in [1.54, 1.807) is 24.3 Å². The van der Waals surface area contributed by atoms with E-state index in [0.717, 1.165) is 44.5 Å². The average Bonchev–Trinajstić information content (AvgIpc) is 3.15. The van der Waals surface area contributed by atoms with Crippen molar-refractivity contribution in [2.75, 3.05) is 6.61 Å². The zero-order chi connectivity index (χ0) is 19.6. The highest BCUT2D eigenvalue weighted by molar-refractivity contribution is 5.87. The maximum atomic E-state index is 10.8. The van der Waals surface area contributed by atoms with Crippen LogP contribution < -0.4 is 9.30 Å². The predicted molar refractivity (Wildman–Crippen MR) is 108 cm³/mol. The summed E-state index contributed by atoms with van der Waals surface area (Å²) in [5, 5.41) is 8.88. The Balaban J connectivity index is 1.27. The van der Waals surface area contributed by atoms with Gasteiger partial charge in [-0.2, -0.15) is 0 Å². The first kappa shape index (κ1) is 19.7. The smallest absolute Gasteiger partial charge is 0.335 e. The largest absolute Gasteiger partial charge is 0.494 e. The van der Waals surface area contributed by atoms with Crippen molar-refractivity contribution in [1.82, 2.24) is 4.57 Å². The fraction of sp³-hybridized carbons (Fsp3) is 0.304. The van der Waals surface area contributed by atoms with Gasteiger partial charge in [-0.1, -0.05) is 30.3 Å². The molecule has 0 unspecified atom stereocenters. The lowest BCUT2D eigenvalue weighted by Crippen LogP contribution is -2.31. The molecule has 0 aliphatic carbocycles. The molecule has 146 valence electrons. The van der Waals surface area contributed by atoms with Crippen molar-refractivity contribution in [2.24, 2.45) is 0 Å². The minimum atomic E-state index is -0.917. The van der Waals surface area contributed by atoms with E-state index in [0.29, 0.717) is 6.61 Å². The molecule has 1 N–H and O–H groups in total. The van der Waals surface area contributed by atoms with Gasteiger partial charge in [-0.05, 0) is 55.5 Å². The first-order valence-corrected chi connectivity index (χ1v) is 9.75. The lowest BCUT2D eigenvalue weighted by molar-refractivity contribution is -0.687. The van der Waals surface area contributed by atoms with Crippen LogP contribution >= 0.6 is 0 Å². The summed E-state index contributed by atoms with van der Waals surface area (Å²) in [5.41, 5.74) is 1.59. The van der Waals surface area contributed by atoms with Gasteiger partial charge in [-0.15, -0.1) is 0 Å². The fourth-order valence-electron chi connectivity index (χ4n) is 3.09. The molecule has 3 rings (SSSR count). The Bertz CT molecular complexity index is 857. The molecule has 0 amide bonds. The van der Waals surface area contributed by atoms with E-state index < -0.39 is 5.97 Å². The Morgan fingerprint density at radius 2 is 1.71 bits per heavy atom. The Kier molecular flexibility index (Phi) is 7.24. The number of hydrogen-bond acceptors (Lipinski definition) is 2. The number of carbonyl (C=O) groups is 1. The quantitative estimate of drug-likeness (QED) is 0.402. The van der Waals surface area contributed by atoms with Crippen LogP contribution in [0.5, 0.6) is 5.75 Å². The van der Waals surface area contributed by atoms with Gasteiger partial charge in [0.2, 0.25) is 6.33 Å². The van der Waals surface area contributed by atoms with E-state index >= 15 is 0 Å². The summed E-state index contributed by atoms with van der Waals surface area (Å²) in [4.78, 5) is 10.8. The average molecular weight is 379 g/mol. The first-order valence-electron chi connectivity index (χ1n) is 9.75. The number of imidazole rings is 1. The monoisotopic (exact) mass is 379 g/mol. The molecule has 0 radical (unpaired) electrons. The number of benzene rings is 2. The molecule has 5 heteroatoms. The molecule has 1 aromatic heterocycles. The Morgan fingerprint density at radius 1 is 0.964 bits per heavy atom. The van der Waals surface area contributed by atoms with Crippen molar-refractivity contribution in [1.29, 1.82) is 0 Å². The normalized spacial score (nSPS) is 10.7. The number of carboxylic acid groups (broad SMARTS) is 1. The second kappa shape index (κ2) is 10.3. The van der Waals surface area contributed by atoms with Crippen molar-refractivity contribution in [2.45, 2.75) is 38.8 Å². The molecule has 0 fully saturated rings. The highest BCUT2D eigenvalue weighted by atomic mass is 16.5. The lowest BCUT2D eigenvalue weighted by atomic mass is 10.2. The number of nitrogens with zero attached hydrogens (tertiary/aromatic N) is 2. The van der Waals surface area contributed by atoms with Crippen LogP contribution in [0.2, 0.25) is 0 Å². The molecular weight excluding hydrogens is 352 g/mol. The zero-order valence-electron chi connectivity index (χ0n) is 16.0. The summed E-state index contributed by atoms with van der Waals surface area (Å²) in [5.74, 6) is -0.194. The van der Waals surface area contributed by atoms with E-state index in [-0.39, 0.29) is 5.56 Å². The number of aryl methyl sites for hydroxylation is 1. The minimum Gasteiger partial charge on any atom is -0.494 e. The molecule has 0 aliphatic heterocycles. The van der Waals surface area contributed by atoms with E-state index in [2.05, 4.69) is 52.1 Å². The number of carboxylic acids is 1. The molecular formula is C23H27N2O3+. The number of hydrogen-bond donors (Lipinski definition) is 1. The van der Waals surface area contributed by atoms with Crippen molar-refractivity contribution < 1.29 is 19.2 Å². The van der Waals surface area contributed by atoms with Gasteiger partial charge >= 0.3 is 5.97 Å². The standard InChI is InChI=1S/C23H26N2O3/c26-23(27)21-10-12-22(13-11-21)28-17-7-2-1-6-14-24-15-16-25(19-24)18-20-8-4-3-5-9-20/h3-5,8-13,15-16,19H,1-2,6-7,14,17-18H2/p+1. The summed E-state index contributed by atoms with van der Waals surface area (Å²) in [6.07, 6.45) is 10.9. The summed E-state index contributed by atoms with van der Waals surface area (Å²) in [7, 11) is 0. The maximum absolute atomic E-state index is 10.8. The predicted octanol–water partition coefficient (Wildman–Crippen LogP) is 4.16. The third-order valence-corrected chi connectivity index (χ3v) is 4.63. The summed E-state index contributed by atoms with van der Waals surface area (Å²) < 4.78 is 10.1. The van der Waals surface area contributed by atoms with Crippen LogP contribution in [0.25, 0.3) is 0 Å². The van der Waals surface area contributed by atoms with Gasteiger partial charge in [-0.25, -0.2) is 13.9 Å². The Labute approximate surface area is 165 Å². The van der Waals surface area contributed by atoms with E-state index in [1.807, 2.05) is 6.07 Å². The van der Waals surface area contributed by atoms with E-state index in [1.165, 1.54) is 5.56 Å². The Hall–Kier alpha value is -3.08. The van der Waals surface area contributed by atoms with Crippen molar-refractivity contribution in [3.05, 3.63) is 84.4 Å². The van der Waals surface area contributed by atoms with E-state index in [9.17, 15) is 4.79 Å². The molecule has 0 bridgehead atoms. The number of ether oxygens (including phenoxy) is 1. The summed E-state index contributed by atoms with van der Waals surface area (Å²) in [6.45, 7) is 2.59. The van der Waals surface area contributed by atoms with Gasteiger partial charge in [0.05, 0.1) is 18.7 Å². The number of rotatable bonds is 11. The third kappa shape index (κ3) is 6.27. The highest BCUT2D eigenvalue weighted by Crippen LogP contribution is 2.13. The van der Waals surface area contributed by atoms with Crippen LogP contribution in [0.15, 0.2) is 73.3 Å². The third-order valence-electron chi connectivity index (χ3n) is 4.63. The van der Waals surface area contributed by atoms with Gasteiger partial charge in [0.15, 0.2) is 0 Å². The summed E-state index contributed by atoms with van der Waals surface area (Å²) in [6, 6.07) is 17.0. The highest BCUT2D eigenvalue weighted by Gasteiger charge is 2.05. The van der Waals surface area contributed by atoms with Gasteiger partial charge < -0.3 is 9.84 Å². The van der Waals surface area contributed by atoms with Crippen molar-refractivity contribution in [3.8, 4) is 5.75 Å². The second-order valence-corrected chi connectivity index (χ2v) is 6.90. The number of aromatic nitrogens is 2. The van der Waals surface area contributed by atoms with Crippen molar-refractivity contribution >= 4 is 5.97 Å². The van der Waals surface area contributed by atoms with Gasteiger partial charge in [0.1, 0.15) is 24.7 Å². The number of aromatic carboxylic acids is 1. The van der Waals surface area contributed by atoms with Crippen LogP contribution in [0.4, 0.5) is 0 Å². The summed E-state index contributed by atoms with van der Waals surface area (Å²) >= 11 is 0. The lowest BCUT2D eigenvalue weighted by Gasteiger charge is -2.06. The number of unbranched alkanes of at least 4 members (excludes halogenated alkanes) is 3. The molecule has 0 saturated heterocycles. The molecule has 5 nitrogen and oxygen atoms in total. The SMILES string of the molecule is O=C(O)c1ccc(OCCCCCCn2cc[n+](Cc3ccccc3)c2)cc1. The fourth-order valence-corrected chi connectivity index (χ4v) is 3.09. The van der Waals surface area contributed by atoms with Crippen LogP contribution in [0, 0.1) is 0 Å². The molecule has 0 saturated carbocycles. The maximum Gasteiger partial charge on any atom is 0.335 e. The van der Waals surface area contributed by atoms with Crippen molar-refractivity contribution in [3.63, 3.8) is 0 Å². The zero-order valence-corrected chi connectivity index (χ0v) is 16.0. The molecule has 3 aromatic rings. The second-order valence-electron chi connectivity index (χ2n) is 6.90.